The van der Waals surface area contributed by atoms with E-state index in [2.05, 4.69) is 46.5 Å². The monoisotopic (exact) mass is 227 g/mol. The number of anilines is 1. The van der Waals surface area contributed by atoms with Crippen LogP contribution in [0.5, 0.6) is 0 Å². The van der Waals surface area contributed by atoms with Crippen molar-refractivity contribution in [1.82, 2.24) is 9.97 Å². The molecule has 88 valence electrons. The van der Waals surface area contributed by atoms with Gasteiger partial charge in [0.05, 0.1) is 0 Å². The molecule has 2 rings (SSSR count). The molecule has 0 unspecified atom stereocenters. The summed E-state index contributed by atoms with van der Waals surface area (Å²) in [7, 11) is 1.86. The average molecular weight is 227 g/mol. The summed E-state index contributed by atoms with van der Waals surface area (Å²) in [5.74, 6) is 0.816. The van der Waals surface area contributed by atoms with Crippen molar-refractivity contribution >= 4 is 5.82 Å². The summed E-state index contributed by atoms with van der Waals surface area (Å²) in [4.78, 5) is 8.63. The normalized spacial score (nSPS) is 10.2. The molecule has 0 saturated heterocycles. The van der Waals surface area contributed by atoms with E-state index < -0.39 is 0 Å². The molecule has 1 heterocycles. The van der Waals surface area contributed by atoms with Gasteiger partial charge in [-0.05, 0) is 12.0 Å². The standard InChI is InChI=1S/C14H17N3/c1-3-4-11-5-7-12(8-6-11)13-14(15-2)17-10-9-16-13/h5-10H,3-4H2,1-2H3,(H,15,17). The second-order valence-electron chi connectivity index (χ2n) is 3.95. The molecule has 1 aromatic heterocycles. The molecule has 0 aliphatic carbocycles. The lowest BCUT2D eigenvalue weighted by Gasteiger charge is -2.07. The molecule has 17 heavy (non-hydrogen) atoms. The predicted molar refractivity (Wildman–Crippen MR) is 71.0 cm³/mol. The van der Waals surface area contributed by atoms with Crippen LogP contribution in [-0.2, 0) is 6.42 Å². The average Bonchev–Trinajstić information content (AvgIpc) is 2.40. The van der Waals surface area contributed by atoms with Gasteiger partial charge in [-0.2, -0.15) is 0 Å². The van der Waals surface area contributed by atoms with E-state index in [0.29, 0.717) is 0 Å². The minimum absolute atomic E-state index is 0.816. The molecule has 0 fully saturated rings. The number of aromatic nitrogens is 2. The second-order valence-corrected chi connectivity index (χ2v) is 3.95. The highest BCUT2D eigenvalue weighted by atomic mass is 15.0. The lowest BCUT2D eigenvalue weighted by Crippen LogP contribution is -1.97. The molecule has 0 aliphatic heterocycles. The van der Waals surface area contributed by atoms with Crippen LogP contribution >= 0.6 is 0 Å². The maximum atomic E-state index is 4.37. The molecule has 0 radical (unpaired) electrons. The molecule has 0 saturated carbocycles. The molecular weight excluding hydrogens is 210 g/mol. The zero-order valence-corrected chi connectivity index (χ0v) is 10.3. The molecule has 3 nitrogen and oxygen atoms in total. The largest absolute Gasteiger partial charge is 0.371 e. The van der Waals surface area contributed by atoms with Crippen LogP contribution in [0.25, 0.3) is 11.3 Å². The number of benzene rings is 1. The van der Waals surface area contributed by atoms with E-state index >= 15 is 0 Å². The summed E-state index contributed by atoms with van der Waals surface area (Å²) in [6.07, 6.45) is 5.71. The van der Waals surface area contributed by atoms with Gasteiger partial charge in [0.25, 0.3) is 0 Å². The third-order valence-corrected chi connectivity index (χ3v) is 2.70. The third kappa shape index (κ3) is 2.61. The maximum absolute atomic E-state index is 4.37. The van der Waals surface area contributed by atoms with Gasteiger partial charge >= 0.3 is 0 Å². The van der Waals surface area contributed by atoms with Crippen molar-refractivity contribution < 1.29 is 0 Å². The lowest BCUT2D eigenvalue weighted by atomic mass is 10.1. The first-order valence-corrected chi connectivity index (χ1v) is 5.93. The van der Waals surface area contributed by atoms with Crippen molar-refractivity contribution in [2.45, 2.75) is 19.8 Å². The Bertz CT molecular complexity index is 477. The molecule has 0 bridgehead atoms. The highest BCUT2D eigenvalue weighted by molar-refractivity contribution is 5.70. The zero-order chi connectivity index (χ0) is 12.1. The number of hydrogen-bond acceptors (Lipinski definition) is 3. The van der Waals surface area contributed by atoms with E-state index in [1.54, 1.807) is 12.4 Å². The molecule has 3 heteroatoms. The molecule has 0 aliphatic rings. The quantitative estimate of drug-likeness (QED) is 0.872. The molecule has 1 aromatic carbocycles. The first-order chi connectivity index (χ1) is 8.35. The molecule has 2 aromatic rings. The first-order valence-electron chi connectivity index (χ1n) is 5.93. The minimum Gasteiger partial charge on any atom is -0.371 e. The number of rotatable bonds is 4. The topological polar surface area (TPSA) is 37.8 Å². The highest BCUT2D eigenvalue weighted by Gasteiger charge is 2.05. The van der Waals surface area contributed by atoms with Crippen molar-refractivity contribution in [1.29, 1.82) is 0 Å². The zero-order valence-electron chi connectivity index (χ0n) is 10.3. The number of aryl methyl sites for hydroxylation is 1. The van der Waals surface area contributed by atoms with Crippen molar-refractivity contribution in [3.8, 4) is 11.3 Å². The summed E-state index contributed by atoms with van der Waals surface area (Å²) in [5.41, 5.74) is 3.37. The Morgan fingerprint density at radius 1 is 1.06 bits per heavy atom. The van der Waals surface area contributed by atoms with Crippen molar-refractivity contribution in [3.05, 3.63) is 42.2 Å². The fourth-order valence-corrected chi connectivity index (χ4v) is 1.85. The van der Waals surface area contributed by atoms with Gasteiger partial charge in [-0.3, -0.25) is 4.98 Å². The van der Waals surface area contributed by atoms with Gasteiger partial charge in [0.15, 0.2) is 5.82 Å². The summed E-state index contributed by atoms with van der Waals surface area (Å²) in [6.45, 7) is 2.19. The van der Waals surface area contributed by atoms with E-state index in [-0.39, 0.29) is 0 Å². The Labute approximate surface area is 102 Å². The predicted octanol–water partition coefficient (Wildman–Crippen LogP) is 3.14. The van der Waals surface area contributed by atoms with Gasteiger partial charge < -0.3 is 5.32 Å². The Kier molecular flexibility index (Phi) is 3.70. The smallest absolute Gasteiger partial charge is 0.152 e. The molecule has 0 atom stereocenters. The van der Waals surface area contributed by atoms with Crippen LogP contribution in [0.2, 0.25) is 0 Å². The third-order valence-electron chi connectivity index (χ3n) is 2.70. The summed E-state index contributed by atoms with van der Waals surface area (Å²) < 4.78 is 0. The van der Waals surface area contributed by atoms with Crippen LogP contribution in [0.15, 0.2) is 36.7 Å². The van der Waals surface area contributed by atoms with Crippen LogP contribution in [0.4, 0.5) is 5.82 Å². The summed E-state index contributed by atoms with van der Waals surface area (Å²) >= 11 is 0. The van der Waals surface area contributed by atoms with Crippen molar-refractivity contribution in [3.63, 3.8) is 0 Å². The highest BCUT2D eigenvalue weighted by Crippen LogP contribution is 2.23. The SMILES string of the molecule is CCCc1ccc(-c2nccnc2NC)cc1. The fraction of sp³-hybridized carbons (Fsp3) is 0.286. The van der Waals surface area contributed by atoms with Crippen LogP contribution in [0, 0.1) is 0 Å². The van der Waals surface area contributed by atoms with Crippen LogP contribution in [0.3, 0.4) is 0 Å². The Morgan fingerprint density at radius 3 is 2.41 bits per heavy atom. The van der Waals surface area contributed by atoms with E-state index in [0.717, 1.165) is 23.5 Å². The van der Waals surface area contributed by atoms with Gasteiger partial charge in [-0.15, -0.1) is 0 Å². The Morgan fingerprint density at radius 2 is 1.76 bits per heavy atom. The number of nitrogens with zero attached hydrogens (tertiary/aromatic N) is 2. The van der Waals surface area contributed by atoms with Gasteiger partial charge in [-0.25, -0.2) is 4.98 Å². The van der Waals surface area contributed by atoms with E-state index in [1.165, 1.54) is 12.0 Å². The minimum atomic E-state index is 0.816. The van der Waals surface area contributed by atoms with Gasteiger partial charge in [0.2, 0.25) is 0 Å². The van der Waals surface area contributed by atoms with E-state index in [4.69, 9.17) is 0 Å². The number of hydrogen-bond donors (Lipinski definition) is 1. The van der Waals surface area contributed by atoms with Crippen molar-refractivity contribution in [2.24, 2.45) is 0 Å². The van der Waals surface area contributed by atoms with E-state index in [1.807, 2.05) is 7.05 Å². The molecular formula is C14H17N3. The molecule has 0 amide bonds. The molecule has 0 spiro atoms. The first kappa shape index (κ1) is 11.6. The lowest BCUT2D eigenvalue weighted by molar-refractivity contribution is 0.922. The van der Waals surface area contributed by atoms with Crippen LogP contribution in [-0.4, -0.2) is 17.0 Å². The summed E-state index contributed by atoms with van der Waals surface area (Å²) in [5, 5.41) is 3.06. The van der Waals surface area contributed by atoms with Gasteiger partial charge in [-0.1, -0.05) is 37.6 Å². The van der Waals surface area contributed by atoms with E-state index in [9.17, 15) is 0 Å². The molecule has 1 N–H and O–H groups in total. The van der Waals surface area contributed by atoms with Gasteiger partial charge in [0.1, 0.15) is 5.69 Å². The Balaban J connectivity index is 2.33. The number of nitrogens with one attached hydrogen (secondary N) is 1. The maximum Gasteiger partial charge on any atom is 0.152 e. The van der Waals surface area contributed by atoms with Crippen LogP contribution in [0.1, 0.15) is 18.9 Å². The fourth-order valence-electron chi connectivity index (χ4n) is 1.85. The van der Waals surface area contributed by atoms with Gasteiger partial charge in [0, 0.05) is 25.0 Å². The van der Waals surface area contributed by atoms with Crippen LogP contribution < -0.4 is 5.32 Å². The summed E-state index contributed by atoms with van der Waals surface area (Å²) in [6, 6.07) is 8.53. The van der Waals surface area contributed by atoms with Crippen molar-refractivity contribution in [2.75, 3.05) is 12.4 Å². The Hall–Kier alpha value is -1.90. The second kappa shape index (κ2) is 5.43.